The molecule has 9 heteroatoms. The SMILES string of the molecule is CC(=O)C[C@@H]1[C@]2([N+](=O)[O-])CN(C)C[C@]1([N+](=O)[O-])C=CC2=O. The maximum atomic E-state index is 12.2. The van der Waals surface area contributed by atoms with Crippen molar-refractivity contribution in [3.05, 3.63) is 32.4 Å². The molecule has 0 N–H and O–H groups in total. The van der Waals surface area contributed by atoms with E-state index >= 15 is 0 Å². The standard InChI is InChI=1S/C12H15N3O6/c1-8(16)5-9-11(14(18)19)4-3-10(17)12(9,15(20)21)7-13(2)6-11/h3-4,9H,5-7H2,1-2H3/t9-,11+,12+/m0/s1. The number of carbonyl (C=O) groups is 2. The summed E-state index contributed by atoms with van der Waals surface area (Å²) in [5.41, 5.74) is -3.93. The van der Waals surface area contributed by atoms with Gasteiger partial charge in [0.2, 0.25) is 5.78 Å². The van der Waals surface area contributed by atoms with Crippen LogP contribution in [0.25, 0.3) is 0 Å². The van der Waals surface area contributed by atoms with Gasteiger partial charge in [-0.3, -0.25) is 29.9 Å². The quantitative estimate of drug-likeness (QED) is 0.515. The lowest BCUT2D eigenvalue weighted by Gasteiger charge is -2.47. The highest BCUT2D eigenvalue weighted by atomic mass is 16.6. The van der Waals surface area contributed by atoms with Gasteiger partial charge in [0.15, 0.2) is 0 Å². The second-order valence-electron chi connectivity index (χ2n) is 5.76. The van der Waals surface area contributed by atoms with Crippen molar-refractivity contribution in [3.63, 3.8) is 0 Å². The van der Waals surface area contributed by atoms with Crippen LogP contribution in [0.15, 0.2) is 12.2 Å². The lowest BCUT2D eigenvalue weighted by atomic mass is 9.61. The van der Waals surface area contributed by atoms with Crippen molar-refractivity contribution in [2.75, 3.05) is 20.1 Å². The average molecular weight is 297 g/mol. The number of Topliss-reactive ketones (excluding diaryl/α,β-unsaturated/α-hetero) is 1. The first-order valence-corrected chi connectivity index (χ1v) is 6.37. The zero-order chi connectivity index (χ0) is 16.0. The molecule has 0 aromatic heterocycles. The summed E-state index contributed by atoms with van der Waals surface area (Å²) in [5, 5.41) is 23.2. The number of likely N-dealkylation sites (N-methyl/N-ethyl adjacent to an activating group) is 1. The van der Waals surface area contributed by atoms with Gasteiger partial charge in [0.25, 0.3) is 5.54 Å². The minimum absolute atomic E-state index is 0.0721. The Kier molecular flexibility index (Phi) is 3.40. The summed E-state index contributed by atoms with van der Waals surface area (Å²) < 4.78 is 0. The first-order valence-electron chi connectivity index (χ1n) is 6.37. The molecule has 114 valence electrons. The second-order valence-corrected chi connectivity index (χ2v) is 5.76. The van der Waals surface area contributed by atoms with Crippen LogP contribution in [-0.4, -0.2) is 57.5 Å². The number of hydrogen-bond acceptors (Lipinski definition) is 7. The molecule has 0 aromatic carbocycles. The van der Waals surface area contributed by atoms with Crippen LogP contribution in [-0.2, 0) is 9.59 Å². The normalized spacial score (nSPS) is 35.5. The Labute approximate surface area is 119 Å². The van der Waals surface area contributed by atoms with Crippen LogP contribution in [0.4, 0.5) is 0 Å². The maximum absolute atomic E-state index is 12.2. The molecule has 1 fully saturated rings. The molecule has 0 amide bonds. The van der Waals surface area contributed by atoms with Gasteiger partial charge >= 0.3 is 5.54 Å². The number of fused-ring (bicyclic) bond motifs is 2. The predicted octanol–water partition coefficient (Wildman–Crippen LogP) is -0.303. The molecule has 2 bridgehead atoms. The highest BCUT2D eigenvalue weighted by molar-refractivity contribution is 5.99. The van der Waals surface area contributed by atoms with Gasteiger partial charge in [-0.1, -0.05) is 0 Å². The molecule has 0 unspecified atom stereocenters. The molecule has 21 heavy (non-hydrogen) atoms. The van der Waals surface area contributed by atoms with Crippen LogP contribution in [0.2, 0.25) is 0 Å². The van der Waals surface area contributed by atoms with E-state index in [4.69, 9.17) is 0 Å². The van der Waals surface area contributed by atoms with Gasteiger partial charge in [0.05, 0.1) is 13.1 Å². The van der Waals surface area contributed by atoms with E-state index in [-0.39, 0.29) is 19.5 Å². The van der Waals surface area contributed by atoms with Crippen LogP contribution in [0, 0.1) is 26.1 Å². The van der Waals surface area contributed by atoms with Crippen molar-refractivity contribution >= 4 is 11.6 Å². The Morgan fingerprint density at radius 1 is 1.38 bits per heavy atom. The Morgan fingerprint density at radius 2 is 2.00 bits per heavy atom. The lowest BCUT2D eigenvalue weighted by Crippen LogP contribution is -2.74. The third kappa shape index (κ3) is 1.96. The summed E-state index contributed by atoms with van der Waals surface area (Å²) in [6, 6.07) is 0. The number of nitro groups is 2. The van der Waals surface area contributed by atoms with E-state index in [1.807, 2.05) is 0 Å². The molecule has 1 heterocycles. The molecule has 0 spiro atoms. The summed E-state index contributed by atoms with van der Waals surface area (Å²) in [7, 11) is 1.49. The highest BCUT2D eigenvalue weighted by Gasteiger charge is 2.73. The number of carbonyl (C=O) groups excluding carboxylic acids is 2. The van der Waals surface area contributed by atoms with Crippen molar-refractivity contribution in [1.82, 2.24) is 4.90 Å². The molecular weight excluding hydrogens is 282 g/mol. The van der Waals surface area contributed by atoms with Gasteiger partial charge < -0.3 is 4.79 Å². The topological polar surface area (TPSA) is 124 Å². The third-order valence-corrected chi connectivity index (χ3v) is 4.32. The van der Waals surface area contributed by atoms with Crippen molar-refractivity contribution in [2.24, 2.45) is 5.92 Å². The number of ketones is 2. The number of nitrogens with zero attached hydrogens (tertiary/aromatic N) is 3. The van der Waals surface area contributed by atoms with Gasteiger partial charge in [-0.15, -0.1) is 0 Å². The average Bonchev–Trinajstić information content (AvgIpc) is 2.35. The van der Waals surface area contributed by atoms with E-state index in [0.29, 0.717) is 0 Å². The monoisotopic (exact) mass is 297 g/mol. The zero-order valence-electron chi connectivity index (χ0n) is 11.6. The minimum atomic E-state index is -2.14. The smallest absolute Gasteiger partial charge is 0.300 e. The van der Waals surface area contributed by atoms with Gasteiger partial charge in [-0.05, 0) is 26.1 Å². The van der Waals surface area contributed by atoms with Crippen LogP contribution in [0.5, 0.6) is 0 Å². The molecule has 9 nitrogen and oxygen atoms in total. The summed E-state index contributed by atoms with van der Waals surface area (Å²) in [6.45, 7) is 0.900. The van der Waals surface area contributed by atoms with E-state index in [1.54, 1.807) is 0 Å². The van der Waals surface area contributed by atoms with Gasteiger partial charge in [0, 0.05) is 16.3 Å². The predicted molar refractivity (Wildman–Crippen MR) is 69.9 cm³/mol. The molecule has 1 aliphatic heterocycles. The molecule has 1 saturated heterocycles. The van der Waals surface area contributed by atoms with Crippen molar-refractivity contribution in [1.29, 1.82) is 0 Å². The molecule has 0 saturated carbocycles. The fourth-order valence-corrected chi connectivity index (χ4v) is 3.47. The Bertz CT molecular complexity index is 573. The first kappa shape index (κ1) is 15.2. The summed E-state index contributed by atoms with van der Waals surface area (Å²) in [4.78, 5) is 46.8. The molecule has 0 radical (unpaired) electrons. The summed E-state index contributed by atoms with van der Waals surface area (Å²) in [6.07, 6.45) is 1.67. The molecule has 1 aliphatic carbocycles. The number of piperidine rings is 1. The fraction of sp³-hybridized carbons (Fsp3) is 0.667. The van der Waals surface area contributed by atoms with Gasteiger partial charge in [0.1, 0.15) is 11.7 Å². The molecule has 2 aliphatic rings. The highest BCUT2D eigenvalue weighted by Crippen LogP contribution is 2.45. The van der Waals surface area contributed by atoms with E-state index in [2.05, 4.69) is 0 Å². The number of hydrogen-bond donors (Lipinski definition) is 0. The van der Waals surface area contributed by atoms with E-state index < -0.39 is 38.4 Å². The maximum Gasteiger partial charge on any atom is 0.305 e. The van der Waals surface area contributed by atoms with E-state index in [1.165, 1.54) is 18.9 Å². The van der Waals surface area contributed by atoms with Crippen molar-refractivity contribution < 1.29 is 19.4 Å². The summed E-state index contributed by atoms with van der Waals surface area (Å²) >= 11 is 0. The van der Waals surface area contributed by atoms with Gasteiger partial charge in [-0.2, -0.15) is 0 Å². The first-order chi connectivity index (χ1) is 9.66. The Morgan fingerprint density at radius 3 is 2.48 bits per heavy atom. The van der Waals surface area contributed by atoms with Crippen LogP contribution in [0.3, 0.4) is 0 Å². The Hall–Kier alpha value is -2.16. The minimum Gasteiger partial charge on any atom is -0.300 e. The largest absolute Gasteiger partial charge is 0.305 e. The second kappa shape index (κ2) is 4.69. The zero-order valence-corrected chi connectivity index (χ0v) is 11.6. The molecule has 2 rings (SSSR count). The van der Waals surface area contributed by atoms with Crippen LogP contribution >= 0.6 is 0 Å². The van der Waals surface area contributed by atoms with Crippen molar-refractivity contribution in [2.45, 2.75) is 24.4 Å². The molecule has 0 aromatic rings. The van der Waals surface area contributed by atoms with Crippen LogP contribution < -0.4 is 0 Å². The number of rotatable bonds is 4. The fourth-order valence-electron chi connectivity index (χ4n) is 3.47. The van der Waals surface area contributed by atoms with Crippen LogP contribution in [0.1, 0.15) is 13.3 Å². The number of likely N-dealkylation sites (tertiary alicyclic amines) is 1. The van der Waals surface area contributed by atoms with Crippen molar-refractivity contribution in [3.8, 4) is 0 Å². The van der Waals surface area contributed by atoms with E-state index in [0.717, 1.165) is 12.2 Å². The molecular formula is C12H15N3O6. The Balaban J connectivity index is 2.71. The lowest BCUT2D eigenvalue weighted by molar-refractivity contribution is -0.623. The summed E-state index contributed by atoms with van der Waals surface area (Å²) in [5.74, 6) is -2.48. The third-order valence-electron chi connectivity index (χ3n) is 4.32. The van der Waals surface area contributed by atoms with Gasteiger partial charge in [-0.25, -0.2) is 0 Å². The molecule has 3 atom stereocenters. The van der Waals surface area contributed by atoms with E-state index in [9.17, 15) is 29.8 Å².